The van der Waals surface area contributed by atoms with Gasteiger partial charge >= 0.3 is 0 Å². The zero-order valence-corrected chi connectivity index (χ0v) is 6.92. The molecule has 0 saturated carbocycles. The first-order valence-electron chi connectivity index (χ1n) is 2.60. The third-order valence-electron chi connectivity index (χ3n) is 1.09. The summed E-state index contributed by atoms with van der Waals surface area (Å²) in [6.45, 7) is 0. The van der Waals surface area contributed by atoms with E-state index in [1.807, 2.05) is 0 Å². The van der Waals surface area contributed by atoms with Crippen molar-refractivity contribution >= 4 is 21.9 Å². The molecule has 0 aliphatic rings. The second-order valence-corrected chi connectivity index (χ2v) is 2.72. The van der Waals surface area contributed by atoms with Crippen LogP contribution in [0.15, 0.2) is 15.5 Å². The number of hydrogen-bond donors (Lipinski definition) is 1. The van der Waals surface area contributed by atoms with E-state index >= 15 is 0 Å². The molecule has 0 aromatic carbocycles. The van der Waals surface area contributed by atoms with Crippen molar-refractivity contribution in [1.82, 2.24) is 9.55 Å². The normalized spacial score (nSPS) is 9.80. The third kappa shape index (κ3) is 1.18. The van der Waals surface area contributed by atoms with Gasteiger partial charge in [0, 0.05) is 13.2 Å². The number of nitrogens with two attached hydrogens (primary N) is 1. The molecule has 0 spiro atoms. The van der Waals surface area contributed by atoms with Crippen molar-refractivity contribution in [1.29, 1.82) is 0 Å². The minimum atomic E-state index is -0.337. The molecule has 0 fully saturated rings. The van der Waals surface area contributed by atoms with Crippen LogP contribution >= 0.6 is 15.9 Å². The van der Waals surface area contributed by atoms with Crippen LogP contribution < -0.4 is 11.3 Å². The summed E-state index contributed by atoms with van der Waals surface area (Å²) in [7, 11) is 1.71. The van der Waals surface area contributed by atoms with Crippen LogP contribution in [0.2, 0.25) is 0 Å². The first-order chi connectivity index (χ1) is 4.61. The van der Waals surface area contributed by atoms with Crippen molar-refractivity contribution in [2.24, 2.45) is 7.05 Å². The lowest BCUT2D eigenvalue weighted by molar-refractivity contribution is 0.865. The second-order valence-electron chi connectivity index (χ2n) is 1.86. The second kappa shape index (κ2) is 2.42. The predicted molar refractivity (Wildman–Crippen MR) is 41.6 cm³/mol. The lowest BCUT2D eigenvalue weighted by atomic mass is 10.6. The number of nitrogens with zero attached hydrogens (tertiary/aromatic N) is 2. The average Bonchev–Trinajstić information content (AvgIpc) is 1.84. The molecule has 0 radical (unpaired) electrons. The van der Waals surface area contributed by atoms with Gasteiger partial charge in [-0.2, -0.15) is 4.98 Å². The zero-order valence-electron chi connectivity index (χ0n) is 5.34. The van der Waals surface area contributed by atoms with E-state index in [0.29, 0.717) is 4.47 Å². The van der Waals surface area contributed by atoms with Crippen LogP contribution in [0.1, 0.15) is 0 Å². The molecule has 0 saturated heterocycles. The molecule has 4 nitrogen and oxygen atoms in total. The highest BCUT2D eigenvalue weighted by molar-refractivity contribution is 9.10. The van der Waals surface area contributed by atoms with Crippen LogP contribution in [0.5, 0.6) is 0 Å². The molecule has 10 heavy (non-hydrogen) atoms. The number of nitrogen functional groups attached to an aromatic ring is 1. The van der Waals surface area contributed by atoms with E-state index < -0.39 is 0 Å². The van der Waals surface area contributed by atoms with Gasteiger partial charge in [0.25, 0.3) is 5.56 Å². The van der Waals surface area contributed by atoms with Crippen molar-refractivity contribution in [3.05, 3.63) is 21.0 Å². The van der Waals surface area contributed by atoms with E-state index in [1.54, 1.807) is 17.8 Å². The number of rotatable bonds is 0. The molecule has 0 bridgehead atoms. The van der Waals surface area contributed by atoms with E-state index in [1.165, 1.54) is 0 Å². The number of anilines is 1. The van der Waals surface area contributed by atoms with E-state index in [-0.39, 0.29) is 11.5 Å². The fourth-order valence-corrected chi connectivity index (χ4v) is 0.923. The van der Waals surface area contributed by atoms with Gasteiger partial charge in [-0.05, 0) is 15.9 Å². The van der Waals surface area contributed by atoms with Crippen LogP contribution in [-0.2, 0) is 7.05 Å². The molecule has 1 aromatic rings. The average molecular weight is 204 g/mol. The van der Waals surface area contributed by atoms with Crippen molar-refractivity contribution in [2.45, 2.75) is 0 Å². The predicted octanol–water partition coefficient (Wildman–Crippen LogP) is 0.125. The number of aryl methyl sites for hydroxylation is 1. The van der Waals surface area contributed by atoms with Crippen LogP contribution in [-0.4, -0.2) is 9.55 Å². The summed E-state index contributed by atoms with van der Waals surface area (Å²) in [6.07, 6.45) is 1.57. The molecular weight excluding hydrogens is 198 g/mol. The SMILES string of the molecule is Cn1cc(Br)c(=O)nc1N. The molecule has 1 heterocycles. The molecule has 0 unspecified atom stereocenters. The van der Waals surface area contributed by atoms with Crippen molar-refractivity contribution in [2.75, 3.05) is 5.73 Å². The molecule has 0 aliphatic carbocycles. The minimum absolute atomic E-state index is 0.216. The molecule has 2 N–H and O–H groups in total. The molecular formula is C5H6BrN3O. The van der Waals surface area contributed by atoms with Gasteiger partial charge in [0.1, 0.15) is 4.47 Å². The molecule has 0 amide bonds. The summed E-state index contributed by atoms with van der Waals surface area (Å²) in [6, 6.07) is 0. The van der Waals surface area contributed by atoms with Gasteiger partial charge in [-0.3, -0.25) is 4.79 Å². The summed E-state index contributed by atoms with van der Waals surface area (Å²) < 4.78 is 1.98. The van der Waals surface area contributed by atoms with Crippen LogP contribution in [0.4, 0.5) is 5.95 Å². The molecule has 0 aliphatic heterocycles. The molecule has 1 rings (SSSR count). The maximum Gasteiger partial charge on any atom is 0.288 e. The van der Waals surface area contributed by atoms with Crippen molar-refractivity contribution in [3.8, 4) is 0 Å². The molecule has 1 aromatic heterocycles. The van der Waals surface area contributed by atoms with E-state index in [0.717, 1.165) is 0 Å². The fourth-order valence-electron chi connectivity index (χ4n) is 0.528. The number of aromatic nitrogens is 2. The first kappa shape index (κ1) is 7.27. The first-order valence-corrected chi connectivity index (χ1v) is 3.39. The highest BCUT2D eigenvalue weighted by Gasteiger charge is 1.97. The van der Waals surface area contributed by atoms with Gasteiger partial charge < -0.3 is 10.3 Å². The maximum atomic E-state index is 10.7. The minimum Gasteiger partial charge on any atom is -0.369 e. The Hall–Kier alpha value is -0.840. The number of halogens is 1. The Labute approximate surface area is 65.8 Å². The van der Waals surface area contributed by atoms with Crippen molar-refractivity contribution in [3.63, 3.8) is 0 Å². The Bertz CT molecular complexity index is 306. The van der Waals surface area contributed by atoms with Gasteiger partial charge in [0.2, 0.25) is 5.95 Å². The lowest BCUT2D eigenvalue weighted by Gasteiger charge is -1.99. The maximum absolute atomic E-state index is 10.7. The summed E-state index contributed by atoms with van der Waals surface area (Å²) >= 11 is 3.03. The van der Waals surface area contributed by atoms with Gasteiger partial charge in [-0.25, -0.2) is 0 Å². The molecule has 54 valence electrons. The number of hydrogen-bond acceptors (Lipinski definition) is 3. The Kier molecular flexibility index (Phi) is 1.76. The molecule has 0 atom stereocenters. The standard InChI is InChI=1S/C5H6BrN3O/c1-9-2-3(6)4(10)8-5(9)7/h2H,1H3,(H2,7,8,10). The van der Waals surface area contributed by atoms with Gasteiger partial charge in [0.05, 0.1) is 0 Å². The Morgan fingerprint density at radius 3 is 2.90 bits per heavy atom. The van der Waals surface area contributed by atoms with Crippen molar-refractivity contribution < 1.29 is 0 Å². The summed E-state index contributed by atoms with van der Waals surface area (Å²) in [5, 5.41) is 0. The monoisotopic (exact) mass is 203 g/mol. The van der Waals surface area contributed by atoms with Gasteiger partial charge in [-0.15, -0.1) is 0 Å². The largest absolute Gasteiger partial charge is 0.369 e. The smallest absolute Gasteiger partial charge is 0.288 e. The Morgan fingerprint density at radius 1 is 1.80 bits per heavy atom. The Balaban J connectivity index is 3.43. The topological polar surface area (TPSA) is 60.9 Å². The zero-order chi connectivity index (χ0) is 7.72. The molecule has 5 heteroatoms. The Morgan fingerprint density at radius 2 is 2.40 bits per heavy atom. The highest BCUT2D eigenvalue weighted by Crippen LogP contribution is 2.01. The van der Waals surface area contributed by atoms with Gasteiger partial charge in [-0.1, -0.05) is 0 Å². The van der Waals surface area contributed by atoms with E-state index in [2.05, 4.69) is 20.9 Å². The summed E-state index contributed by atoms with van der Waals surface area (Å²) in [5.74, 6) is 0.216. The van der Waals surface area contributed by atoms with E-state index in [9.17, 15) is 4.79 Å². The van der Waals surface area contributed by atoms with Crippen LogP contribution in [0, 0.1) is 0 Å². The lowest BCUT2D eigenvalue weighted by Crippen LogP contribution is -2.15. The quantitative estimate of drug-likeness (QED) is 0.653. The van der Waals surface area contributed by atoms with Gasteiger partial charge in [0.15, 0.2) is 0 Å². The fraction of sp³-hybridized carbons (Fsp3) is 0.200. The highest BCUT2D eigenvalue weighted by atomic mass is 79.9. The third-order valence-corrected chi connectivity index (χ3v) is 1.63. The van der Waals surface area contributed by atoms with Crippen LogP contribution in [0.25, 0.3) is 0 Å². The summed E-state index contributed by atoms with van der Waals surface area (Å²) in [4.78, 5) is 14.3. The summed E-state index contributed by atoms with van der Waals surface area (Å²) in [5.41, 5.74) is 4.98. The van der Waals surface area contributed by atoms with E-state index in [4.69, 9.17) is 5.73 Å². The van der Waals surface area contributed by atoms with Crippen LogP contribution in [0.3, 0.4) is 0 Å².